The van der Waals surface area contributed by atoms with Gasteiger partial charge in [-0.1, -0.05) is 6.07 Å². The summed E-state index contributed by atoms with van der Waals surface area (Å²) in [6.07, 6.45) is 4.50. The number of aromatic amines is 1. The van der Waals surface area contributed by atoms with Crippen LogP contribution in [0.25, 0.3) is 33.5 Å². The molecule has 5 N–H and O–H groups in total. The third kappa shape index (κ3) is 4.58. The first-order chi connectivity index (χ1) is 16.5. The Bertz CT molecular complexity index is 1410. The van der Waals surface area contributed by atoms with E-state index in [1.54, 1.807) is 43.6 Å². The van der Waals surface area contributed by atoms with Gasteiger partial charge in [0.2, 0.25) is 5.88 Å². The molecule has 0 fully saturated rings. The third-order valence-corrected chi connectivity index (χ3v) is 5.10. The number of nitrogens with two attached hydrogens (primary N) is 1. The Labute approximate surface area is 196 Å². The van der Waals surface area contributed by atoms with Gasteiger partial charge in [0.1, 0.15) is 17.4 Å². The first kappa shape index (κ1) is 22.5. The van der Waals surface area contributed by atoms with E-state index < -0.39 is 0 Å². The summed E-state index contributed by atoms with van der Waals surface area (Å²) in [5, 5.41) is 13.3. The highest BCUT2D eigenvalue weighted by atomic mass is 16.5. The van der Waals surface area contributed by atoms with Crippen molar-refractivity contribution in [1.29, 1.82) is 0 Å². The maximum Gasteiger partial charge on any atom is 0.256 e. The molecule has 0 bridgehead atoms. The lowest BCUT2D eigenvalue weighted by molar-refractivity contribution is 0.0977. The van der Waals surface area contributed by atoms with Crippen LogP contribution in [-0.4, -0.2) is 45.5 Å². The molecule has 2 aromatic carbocycles. The molecule has 0 saturated heterocycles. The minimum atomic E-state index is -0.322. The number of hydrogen-bond acceptors (Lipinski definition) is 7. The molecule has 2 heterocycles. The molecular formula is C25H24N6O3. The topological polar surface area (TPSA) is 139 Å². The number of rotatable bonds is 6. The lowest BCUT2D eigenvalue weighted by Gasteiger charge is -2.09. The highest BCUT2D eigenvalue weighted by molar-refractivity contribution is 6.11. The van der Waals surface area contributed by atoms with Crippen molar-refractivity contribution in [3.8, 4) is 34.1 Å². The smallest absolute Gasteiger partial charge is 0.256 e. The van der Waals surface area contributed by atoms with Gasteiger partial charge in [0.25, 0.3) is 5.91 Å². The Kier molecular flexibility index (Phi) is 6.54. The van der Waals surface area contributed by atoms with Crippen LogP contribution in [-0.2, 0) is 0 Å². The van der Waals surface area contributed by atoms with E-state index in [1.165, 1.54) is 12.3 Å². The largest absolute Gasteiger partial charge is 0.507 e. The van der Waals surface area contributed by atoms with Crippen LogP contribution in [0.4, 0.5) is 0 Å². The van der Waals surface area contributed by atoms with Gasteiger partial charge >= 0.3 is 0 Å². The molecule has 1 amide bonds. The molecule has 0 spiro atoms. The first-order valence-corrected chi connectivity index (χ1v) is 10.6. The summed E-state index contributed by atoms with van der Waals surface area (Å²) in [4.78, 5) is 28.9. The van der Waals surface area contributed by atoms with E-state index in [2.05, 4.69) is 25.3 Å². The second-order valence-electron chi connectivity index (χ2n) is 7.28. The number of aliphatic imine (C=N–C) groups is 1. The number of methoxy groups -OCH3 is 1. The van der Waals surface area contributed by atoms with Crippen LogP contribution >= 0.6 is 0 Å². The summed E-state index contributed by atoms with van der Waals surface area (Å²) in [7, 11) is 1.56. The number of nitrogens with zero attached hydrogens (tertiary/aromatic N) is 3. The van der Waals surface area contributed by atoms with Crippen molar-refractivity contribution in [3.63, 3.8) is 0 Å². The fourth-order valence-electron chi connectivity index (χ4n) is 3.53. The number of ether oxygens (including phenoxy) is 1. The Morgan fingerprint density at radius 3 is 2.85 bits per heavy atom. The summed E-state index contributed by atoms with van der Waals surface area (Å²) in [5.74, 6) is 1.08. The zero-order chi connectivity index (χ0) is 24.1. The van der Waals surface area contributed by atoms with Crippen LogP contribution in [0.3, 0.4) is 0 Å². The molecule has 9 nitrogen and oxygen atoms in total. The standard InChI is InChI=1S/C25H24N6O3/c1-3-27-22(10-11-26)31-24(33)16-6-8-19-20(14-16)30-23(29-19)18-13-15(7-9-21(18)32)17-5-4-12-28-25(17)34-2/h4-14,32H,3,26H2,1-2H3,(H,29,30)(H,27,31,33). The van der Waals surface area contributed by atoms with Crippen LogP contribution in [0, 0.1) is 0 Å². The number of aromatic hydroxyl groups is 1. The molecule has 0 radical (unpaired) electrons. The number of imidazole rings is 1. The SMILES string of the molecule is CCN=C(C=CN)NC(=O)c1ccc2nc(-c3cc(-c4cccnc4OC)ccc3O)[nH]c2c1. The summed E-state index contributed by atoms with van der Waals surface area (Å²) >= 11 is 0. The summed E-state index contributed by atoms with van der Waals surface area (Å²) in [6.45, 7) is 2.37. The highest BCUT2D eigenvalue weighted by Gasteiger charge is 2.15. The predicted molar refractivity (Wildman–Crippen MR) is 132 cm³/mol. The Hall–Kier alpha value is -4.66. The molecule has 0 aliphatic carbocycles. The molecule has 0 aliphatic rings. The lowest BCUT2D eigenvalue weighted by Crippen LogP contribution is -2.29. The number of pyridine rings is 1. The van der Waals surface area contributed by atoms with E-state index >= 15 is 0 Å². The number of benzene rings is 2. The van der Waals surface area contributed by atoms with Gasteiger partial charge in [0.15, 0.2) is 0 Å². The van der Waals surface area contributed by atoms with Crippen molar-refractivity contribution >= 4 is 22.8 Å². The van der Waals surface area contributed by atoms with E-state index in [0.29, 0.717) is 46.2 Å². The molecule has 4 rings (SSSR count). The number of nitrogens with one attached hydrogen (secondary N) is 2. The van der Waals surface area contributed by atoms with E-state index in [4.69, 9.17) is 10.5 Å². The number of carbonyl (C=O) groups is 1. The molecule has 0 aliphatic heterocycles. The third-order valence-electron chi connectivity index (χ3n) is 5.10. The van der Waals surface area contributed by atoms with Gasteiger partial charge in [0.05, 0.1) is 23.7 Å². The second kappa shape index (κ2) is 9.86. The van der Waals surface area contributed by atoms with Gasteiger partial charge < -0.3 is 25.9 Å². The van der Waals surface area contributed by atoms with Crippen LogP contribution in [0.15, 0.2) is 72.0 Å². The molecule has 172 valence electrons. The highest BCUT2D eigenvalue weighted by Crippen LogP contribution is 2.35. The molecule has 9 heteroatoms. The number of aromatic nitrogens is 3. The first-order valence-electron chi connectivity index (χ1n) is 10.6. The minimum absolute atomic E-state index is 0.0672. The minimum Gasteiger partial charge on any atom is -0.507 e. The molecule has 34 heavy (non-hydrogen) atoms. The average Bonchev–Trinajstić information content (AvgIpc) is 3.28. The van der Waals surface area contributed by atoms with E-state index in [1.807, 2.05) is 25.1 Å². The van der Waals surface area contributed by atoms with Crippen LogP contribution in [0.2, 0.25) is 0 Å². The fraction of sp³-hybridized carbons (Fsp3) is 0.120. The molecule has 4 aromatic rings. The molecule has 0 unspecified atom stereocenters. The number of fused-ring (bicyclic) bond motifs is 1. The van der Waals surface area contributed by atoms with E-state index in [9.17, 15) is 9.90 Å². The van der Waals surface area contributed by atoms with Gasteiger partial charge in [-0.15, -0.1) is 0 Å². The quantitative estimate of drug-likeness (QED) is 0.258. The normalized spacial score (nSPS) is 11.8. The lowest BCUT2D eigenvalue weighted by atomic mass is 10.0. The number of phenolic OH excluding ortho intramolecular Hbond substituents is 1. The van der Waals surface area contributed by atoms with Crippen LogP contribution in [0.5, 0.6) is 11.6 Å². The van der Waals surface area contributed by atoms with Crippen molar-refractivity contribution in [2.45, 2.75) is 6.92 Å². The van der Waals surface area contributed by atoms with Crippen molar-refractivity contribution in [2.75, 3.05) is 13.7 Å². The van der Waals surface area contributed by atoms with Crippen molar-refractivity contribution in [2.24, 2.45) is 10.7 Å². The van der Waals surface area contributed by atoms with Gasteiger partial charge in [-0.2, -0.15) is 0 Å². The van der Waals surface area contributed by atoms with Crippen LogP contribution in [0.1, 0.15) is 17.3 Å². The van der Waals surface area contributed by atoms with Crippen molar-refractivity contribution in [1.82, 2.24) is 20.3 Å². The Morgan fingerprint density at radius 1 is 1.24 bits per heavy atom. The van der Waals surface area contributed by atoms with E-state index in [-0.39, 0.29) is 11.7 Å². The molecule has 0 atom stereocenters. The Morgan fingerprint density at radius 2 is 2.09 bits per heavy atom. The van der Waals surface area contributed by atoms with E-state index in [0.717, 1.165) is 11.1 Å². The van der Waals surface area contributed by atoms with Crippen molar-refractivity contribution in [3.05, 3.63) is 72.6 Å². The van der Waals surface area contributed by atoms with Gasteiger partial charge in [-0.05, 0) is 67.2 Å². The number of amidine groups is 1. The second-order valence-corrected chi connectivity index (χ2v) is 7.28. The predicted octanol–water partition coefficient (Wildman–Crippen LogP) is 3.63. The number of H-pyrrole nitrogens is 1. The fourth-order valence-corrected chi connectivity index (χ4v) is 3.53. The zero-order valence-electron chi connectivity index (χ0n) is 18.7. The summed E-state index contributed by atoms with van der Waals surface area (Å²) < 4.78 is 5.36. The number of hydrogen-bond donors (Lipinski definition) is 4. The average molecular weight is 457 g/mol. The number of carbonyl (C=O) groups excluding carboxylic acids is 1. The van der Waals surface area contributed by atoms with Gasteiger partial charge in [0, 0.05) is 23.9 Å². The molecular weight excluding hydrogens is 432 g/mol. The zero-order valence-corrected chi connectivity index (χ0v) is 18.7. The maximum atomic E-state index is 12.7. The number of phenols is 1. The van der Waals surface area contributed by atoms with Crippen LogP contribution < -0.4 is 15.8 Å². The molecule has 2 aromatic heterocycles. The number of amides is 1. The van der Waals surface area contributed by atoms with Crippen molar-refractivity contribution < 1.29 is 14.6 Å². The summed E-state index contributed by atoms with van der Waals surface area (Å²) in [6, 6.07) is 14.0. The van der Waals surface area contributed by atoms with Gasteiger partial charge in [-0.3, -0.25) is 9.79 Å². The summed E-state index contributed by atoms with van der Waals surface area (Å²) in [5.41, 5.74) is 9.27. The van der Waals surface area contributed by atoms with Gasteiger partial charge in [-0.25, -0.2) is 9.97 Å². The Balaban J connectivity index is 1.69. The maximum absolute atomic E-state index is 12.7. The monoisotopic (exact) mass is 456 g/mol. The molecule has 0 saturated carbocycles.